The molecular formula is C27H29N5O2. The van der Waals surface area contributed by atoms with E-state index < -0.39 is 0 Å². The number of carbonyl (C=O) groups excluding carboxylic acids is 1. The number of nitrogens with zero attached hydrogens (tertiary/aromatic N) is 4. The van der Waals surface area contributed by atoms with Gasteiger partial charge in [-0.2, -0.15) is 0 Å². The molecule has 0 atom stereocenters. The highest BCUT2D eigenvalue weighted by molar-refractivity contribution is 5.93. The second kappa shape index (κ2) is 8.91. The highest BCUT2D eigenvalue weighted by Gasteiger charge is 2.24. The van der Waals surface area contributed by atoms with Crippen molar-refractivity contribution in [1.82, 2.24) is 19.9 Å². The van der Waals surface area contributed by atoms with E-state index in [-0.39, 0.29) is 19.1 Å². The minimum Gasteiger partial charge on any atom is -0.395 e. The molecule has 1 saturated heterocycles. The summed E-state index contributed by atoms with van der Waals surface area (Å²) in [7, 11) is 0. The van der Waals surface area contributed by atoms with Crippen LogP contribution in [0, 0.1) is 20.8 Å². The van der Waals surface area contributed by atoms with Crippen LogP contribution in [0.5, 0.6) is 0 Å². The third-order valence-electron chi connectivity index (χ3n) is 6.52. The number of nitrogens with one attached hydrogen (secondary N) is 1. The monoisotopic (exact) mass is 455 g/mol. The summed E-state index contributed by atoms with van der Waals surface area (Å²) in [5.74, 6) is 0.817. The number of anilines is 1. The number of pyridine rings is 2. The minimum atomic E-state index is -0.00724. The number of benzene rings is 1. The molecule has 1 aliphatic rings. The maximum Gasteiger partial charge on any atom is 0.242 e. The number of amides is 1. The molecule has 0 spiro atoms. The van der Waals surface area contributed by atoms with E-state index in [0.717, 1.165) is 45.1 Å². The number of hydrogen-bond acceptors (Lipinski definition) is 5. The predicted octanol–water partition coefficient (Wildman–Crippen LogP) is 3.86. The van der Waals surface area contributed by atoms with Gasteiger partial charge >= 0.3 is 0 Å². The van der Waals surface area contributed by atoms with Gasteiger partial charge in [0.25, 0.3) is 0 Å². The van der Waals surface area contributed by atoms with Crippen LogP contribution in [0.1, 0.15) is 17.0 Å². The summed E-state index contributed by atoms with van der Waals surface area (Å²) >= 11 is 0. The van der Waals surface area contributed by atoms with Crippen LogP contribution in [-0.2, 0) is 4.79 Å². The Hall–Kier alpha value is -3.71. The molecule has 2 N–H and O–H groups in total. The van der Waals surface area contributed by atoms with Crippen molar-refractivity contribution in [2.24, 2.45) is 0 Å². The lowest BCUT2D eigenvalue weighted by Gasteiger charge is -2.34. The fraction of sp³-hybridized carbons (Fsp3) is 0.296. The van der Waals surface area contributed by atoms with Gasteiger partial charge in [0.15, 0.2) is 0 Å². The summed E-state index contributed by atoms with van der Waals surface area (Å²) in [5, 5.41) is 10.3. The Morgan fingerprint density at radius 2 is 1.74 bits per heavy atom. The Balaban J connectivity index is 1.40. The molecular weight excluding hydrogens is 426 g/mol. The Bertz CT molecular complexity index is 1340. The molecule has 1 aromatic carbocycles. The number of β-amino-alcohol motifs (C(OH)–C–C–N with tert-alkyl or cyclic N) is 1. The zero-order chi connectivity index (χ0) is 23.8. The number of hydrogen-bond donors (Lipinski definition) is 2. The molecule has 1 fully saturated rings. The molecule has 7 heteroatoms. The highest BCUT2D eigenvalue weighted by atomic mass is 16.3. The fourth-order valence-corrected chi connectivity index (χ4v) is 4.79. The summed E-state index contributed by atoms with van der Waals surface area (Å²) in [6.07, 6.45) is 1.87. The maximum absolute atomic E-state index is 12.3. The van der Waals surface area contributed by atoms with Crippen molar-refractivity contribution in [2.75, 3.05) is 37.7 Å². The molecule has 0 bridgehead atoms. The SMILES string of the molecule is Cc1cc(-c2[nH]c3cc(-c4ccc(N5CCN(CCO)C(=O)C5)nc4)ccc3c2C)cc(C)n1. The molecule has 0 radical (unpaired) electrons. The molecule has 4 aromatic rings. The molecule has 0 unspecified atom stereocenters. The number of aliphatic hydroxyl groups excluding tert-OH is 1. The summed E-state index contributed by atoms with van der Waals surface area (Å²) < 4.78 is 0. The highest BCUT2D eigenvalue weighted by Crippen LogP contribution is 2.33. The molecule has 4 heterocycles. The third kappa shape index (κ3) is 4.15. The number of carbonyl (C=O) groups is 1. The maximum atomic E-state index is 12.3. The van der Waals surface area contributed by atoms with Crippen LogP contribution in [0.15, 0.2) is 48.7 Å². The van der Waals surface area contributed by atoms with Gasteiger partial charge in [-0.1, -0.05) is 12.1 Å². The molecule has 7 nitrogen and oxygen atoms in total. The molecule has 34 heavy (non-hydrogen) atoms. The summed E-state index contributed by atoms with van der Waals surface area (Å²) in [5.41, 5.74) is 8.73. The smallest absolute Gasteiger partial charge is 0.242 e. The van der Waals surface area contributed by atoms with Gasteiger partial charge in [0.1, 0.15) is 5.82 Å². The Kier molecular flexibility index (Phi) is 5.79. The first-order valence-electron chi connectivity index (χ1n) is 11.6. The topological polar surface area (TPSA) is 85.4 Å². The molecule has 1 amide bonds. The summed E-state index contributed by atoms with van der Waals surface area (Å²) in [6.45, 7) is 8.18. The van der Waals surface area contributed by atoms with Gasteiger partial charge in [-0.05, 0) is 62.2 Å². The lowest BCUT2D eigenvalue weighted by atomic mass is 10.0. The molecule has 0 aliphatic carbocycles. The number of aromatic nitrogens is 3. The Morgan fingerprint density at radius 3 is 2.41 bits per heavy atom. The largest absolute Gasteiger partial charge is 0.395 e. The van der Waals surface area contributed by atoms with E-state index in [4.69, 9.17) is 5.11 Å². The van der Waals surface area contributed by atoms with Gasteiger partial charge in [-0.15, -0.1) is 0 Å². The van der Waals surface area contributed by atoms with Crippen LogP contribution in [0.25, 0.3) is 33.3 Å². The number of H-pyrrole nitrogens is 1. The quantitative estimate of drug-likeness (QED) is 0.477. The van der Waals surface area contributed by atoms with Gasteiger partial charge < -0.3 is 19.9 Å². The van der Waals surface area contributed by atoms with Gasteiger partial charge in [0.05, 0.1) is 13.2 Å². The van der Waals surface area contributed by atoms with E-state index >= 15 is 0 Å². The average Bonchev–Trinajstić information content (AvgIpc) is 3.16. The number of aromatic amines is 1. The van der Waals surface area contributed by atoms with Crippen molar-refractivity contribution < 1.29 is 9.90 Å². The average molecular weight is 456 g/mol. The number of aliphatic hydroxyl groups is 1. The third-order valence-corrected chi connectivity index (χ3v) is 6.52. The first kappa shape index (κ1) is 22.1. The number of rotatable bonds is 5. The molecule has 1 aliphatic heterocycles. The minimum absolute atomic E-state index is 0.00724. The molecule has 0 saturated carbocycles. The first-order valence-corrected chi connectivity index (χ1v) is 11.6. The van der Waals surface area contributed by atoms with E-state index in [1.807, 2.05) is 31.0 Å². The van der Waals surface area contributed by atoms with E-state index in [0.29, 0.717) is 19.6 Å². The normalized spacial score (nSPS) is 14.3. The standard InChI is InChI=1S/C27H29N5O2/c1-17-12-22(13-18(2)29-17)27-19(3)23-6-4-20(14-24(23)30-27)21-5-7-25(28-15-21)32-9-8-31(10-11-33)26(34)16-32/h4-7,12-15,30,33H,8-11,16H2,1-3H3. The lowest BCUT2D eigenvalue weighted by molar-refractivity contribution is -0.131. The van der Waals surface area contributed by atoms with E-state index in [9.17, 15) is 4.79 Å². The predicted molar refractivity (Wildman–Crippen MR) is 135 cm³/mol. The summed E-state index contributed by atoms with van der Waals surface area (Å²) in [6, 6.07) is 14.7. The van der Waals surface area contributed by atoms with Crippen molar-refractivity contribution in [3.63, 3.8) is 0 Å². The second-order valence-electron chi connectivity index (χ2n) is 8.95. The number of piperazine rings is 1. The molecule has 3 aromatic heterocycles. The van der Waals surface area contributed by atoms with Crippen LogP contribution >= 0.6 is 0 Å². The second-order valence-corrected chi connectivity index (χ2v) is 8.95. The van der Waals surface area contributed by atoms with Gasteiger partial charge in [-0.25, -0.2) is 4.98 Å². The lowest BCUT2D eigenvalue weighted by Crippen LogP contribution is -2.51. The van der Waals surface area contributed by atoms with E-state index in [1.54, 1.807) is 4.90 Å². The van der Waals surface area contributed by atoms with Crippen molar-refractivity contribution in [3.05, 3.63) is 65.6 Å². The van der Waals surface area contributed by atoms with Crippen molar-refractivity contribution in [3.8, 4) is 22.4 Å². The number of fused-ring (bicyclic) bond motifs is 1. The van der Waals surface area contributed by atoms with Crippen molar-refractivity contribution in [1.29, 1.82) is 0 Å². The number of aryl methyl sites for hydroxylation is 3. The summed E-state index contributed by atoms with van der Waals surface area (Å²) in [4.78, 5) is 28.7. The molecule has 5 rings (SSSR count). The van der Waals surface area contributed by atoms with Crippen LogP contribution in [-0.4, -0.2) is 63.7 Å². The van der Waals surface area contributed by atoms with Gasteiger partial charge in [0.2, 0.25) is 5.91 Å². The molecule has 174 valence electrons. The fourth-order valence-electron chi connectivity index (χ4n) is 4.79. The van der Waals surface area contributed by atoms with Crippen LogP contribution in [0.3, 0.4) is 0 Å². The van der Waals surface area contributed by atoms with E-state index in [2.05, 4.69) is 58.3 Å². The van der Waals surface area contributed by atoms with Gasteiger partial charge in [0, 0.05) is 64.9 Å². The van der Waals surface area contributed by atoms with E-state index in [1.165, 1.54) is 10.9 Å². The van der Waals surface area contributed by atoms with Crippen LogP contribution in [0.2, 0.25) is 0 Å². The zero-order valence-electron chi connectivity index (χ0n) is 19.8. The van der Waals surface area contributed by atoms with Crippen molar-refractivity contribution in [2.45, 2.75) is 20.8 Å². The van der Waals surface area contributed by atoms with Crippen molar-refractivity contribution >= 4 is 22.6 Å². The van der Waals surface area contributed by atoms with Crippen LogP contribution < -0.4 is 4.90 Å². The Labute approximate surface area is 199 Å². The first-order chi connectivity index (χ1) is 16.4. The van der Waals surface area contributed by atoms with Crippen LogP contribution in [0.4, 0.5) is 5.82 Å². The Morgan fingerprint density at radius 1 is 0.971 bits per heavy atom. The van der Waals surface area contributed by atoms with Gasteiger partial charge in [-0.3, -0.25) is 9.78 Å². The zero-order valence-corrected chi connectivity index (χ0v) is 19.8.